The summed E-state index contributed by atoms with van der Waals surface area (Å²) in [4.78, 5) is 12.7. The average Bonchev–Trinajstić information content (AvgIpc) is 3.60. The Balaban J connectivity index is 1.08. The van der Waals surface area contributed by atoms with Crippen molar-refractivity contribution in [3.8, 4) is 0 Å². The number of urea groups is 1. The van der Waals surface area contributed by atoms with Crippen molar-refractivity contribution in [1.29, 1.82) is 0 Å². The van der Waals surface area contributed by atoms with Crippen LogP contribution >= 0.6 is 0 Å². The second-order valence-corrected chi connectivity index (χ2v) is 9.85. The number of methoxy groups -OCH3 is 1. The number of aromatic amines is 1. The number of rotatable bonds is 6. The van der Waals surface area contributed by atoms with Gasteiger partial charge in [0.1, 0.15) is 11.4 Å². The number of hydroxylamine groups is 2. The highest BCUT2D eigenvalue weighted by atomic mass is 16.6. The molecule has 1 aromatic heterocycles. The van der Waals surface area contributed by atoms with E-state index >= 15 is 0 Å². The molecule has 9 heteroatoms. The molecule has 1 aliphatic carbocycles. The third kappa shape index (κ3) is 3.90. The Morgan fingerprint density at radius 3 is 2.77 bits per heavy atom. The largest absolute Gasteiger partial charge is 0.627 e. The monoisotopic (exact) mass is 474 g/mol. The van der Waals surface area contributed by atoms with Crippen LogP contribution in [-0.2, 0) is 30.5 Å². The molecule has 1 saturated heterocycles. The molecule has 3 aromatic rings. The second kappa shape index (κ2) is 8.46. The van der Waals surface area contributed by atoms with E-state index in [1.807, 2.05) is 18.2 Å². The number of amides is 2. The number of hydrogen-bond acceptors (Lipinski definition) is 5. The van der Waals surface area contributed by atoms with Crippen LogP contribution in [0.1, 0.15) is 35.2 Å². The Labute approximate surface area is 204 Å². The van der Waals surface area contributed by atoms with E-state index in [2.05, 4.69) is 50.4 Å². The van der Waals surface area contributed by atoms with Crippen molar-refractivity contribution in [1.82, 2.24) is 20.2 Å². The first-order chi connectivity index (χ1) is 17.0. The molecule has 3 heterocycles. The van der Waals surface area contributed by atoms with Crippen LogP contribution in [0.15, 0.2) is 48.5 Å². The number of nitrogens with zero attached hydrogens (tertiary/aromatic N) is 2. The molecule has 2 atom stereocenters. The molecule has 2 aromatic carbocycles. The van der Waals surface area contributed by atoms with Crippen molar-refractivity contribution < 1.29 is 9.53 Å². The molecule has 0 saturated carbocycles. The molecule has 182 valence electrons. The predicted octanol–water partition coefficient (Wildman–Crippen LogP) is 3.81. The van der Waals surface area contributed by atoms with Crippen LogP contribution in [0.2, 0.25) is 0 Å². The van der Waals surface area contributed by atoms with E-state index in [-0.39, 0.29) is 16.7 Å². The van der Waals surface area contributed by atoms with E-state index in [4.69, 9.17) is 4.74 Å². The predicted molar refractivity (Wildman–Crippen MR) is 135 cm³/mol. The van der Waals surface area contributed by atoms with Crippen LogP contribution < -0.4 is 20.6 Å². The summed E-state index contributed by atoms with van der Waals surface area (Å²) in [5, 5.41) is 29.7. The molecule has 9 nitrogen and oxygen atoms in total. The van der Waals surface area contributed by atoms with E-state index in [0.717, 1.165) is 42.6 Å². The van der Waals surface area contributed by atoms with Crippen molar-refractivity contribution in [2.75, 3.05) is 24.3 Å². The van der Waals surface area contributed by atoms with Gasteiger partial charge in [0.25, 0.3) is 0 Å². The zero-order valence-electron chi connectivity index (χ0n) is 19.8. The Hall–Kier alpha value is -3.24. The first-order valence-electron chi connectivity index (χ1n) is 12.2. The van der Waals surface area contributed by atoms with Crippen molar-refractivity contribution >= 4 is 23.2 Å². The fraction of sp³-hybridized carbons (Fsp3) is 0.385. The normalized spacial score (nSPS) is 23.5. The van der Waals surface area contributed by atoms with E-state index in [9.17, 15) is 10.0 Å². The number of benzene rings is 2. The van der Waals surface area contributed by atoms with Crippen molar-refractivity contribution in [3.05, 3.63) is 76.1 Å². The number of ether oxygens (including phenoxy) is 1. The molecule has 4 N–H and O–H groups in total. The lowest BCUT2D eigenvalue weighted by Crippen LogP contribution is -2.47. The van der Waals surface area contributed by atoms with Gasteiger partial charge in [0.2, 0.25) is 0 Å². The van der Waals surface area contributed by atoms with Gasteiger partial charge in [0.15, 0.2) is 5.82 Å². The summed E-state index contributed by atoms with van der Waals surface area (Å²) in [5.41, 5.74) is 5.42. The fourth-order valence-corrected chi connectivity index (χ4v) is 5.98. The highest BCUT2D eigenvalue weighted by molar-refractivity contribution is 6.00. The van der Waals surface area contributed by atoms with Crippen LogP contribution in [0.5, 0.6) is 0 Å². The number of aromatic nitrogens is 2. The molecule has 2 amide bonds. The van der Waals surface area contributed by atoms with Gasteiger partial charge in [-0.25, -0.2) is 4.79 Å². The van der Waals surface area contributed by atoms with E-state index in [1.165, 1.54) is 11.1 Å². The van der Waals surface area contributed by atoms with Gasteiger partial charge in [-0.1, -0.05) is 30.3 Å². The number of anilines is 2. The minimum atomic E-state index is -0.455. The molecule has 0 spiro atoms. The fourth-order valence-electron chi connectivity index (χ4n) is 5.98. The molecule has 1 fully saturated rings. The Morgan fingerprint density at radius 2 is 2.00 bits per heavy atom. The minimum absolute atomic E-state index is 0.0699. The lowest BCUT2D eigenvalue weighted by Gasteiger charge is -2.39. The van der Waals surface area contributed by atoms with Crippen LogP contribution in [0.3, 0.4) is 0 Å². The van der Waals surface area contributed by atoms with Crippen molar-refractivity contribution in [2.45, 2.75) is 50.4 Å². The van der Waals surface area contributed by atoms with Gasteiger partial charge in [0, 0.05) is 57.4 Å². The third-order valence-electron chi connectivity index (χ3n) is 7.80. The van der Waals surface area contributed by atoms with E-state index < -0.39 is 5.72 Å². The maximum Gasteiger partial charge on any atom is 0.324 e. The summed E-state index contributed by atoms with van der Waals surface area (Å²) < 4.78 is 5.61. The quantitative estimate of drug-likeness (QED) is 0.246. The van der Waals surface area contributed by atoms with Crippen molar-refractivity contribution in [2.24, 2.45) is 0 Å². The van der Waals surface area contributed by atoms with Crippen molar-refractivity contribution in [3.63, 3.8) is 0 Å². The zero-order valence-corrected chi connectivity index (χ0v) is 19.8. The molecular weight excluding hydrogens is 444 g/mol. The van der Waals surface area contributed by atoms with Gasteiger partial charge in [-0.15, -0.1) is 0 Å². The van der Waals surface area contributed by atoms with Gasteiger partial charge in [-0.2, -0.15) is 5.10 Å². The number of nitrogens with one attached hydrogen (secondary N) is 4. The third-order valence-corrected chi connectivity index (χ3v) is 7.80. The van der Waals surface area contributed by atoms with Crippen LogP contribution in [0, 0.1) is 5.21 Å². The number of carbonyl (C=O) groups is 1. The summed E-state index contributed by atoms with van der Waals surface area (Å²) in [6.07, 6.45) is 4.20. The lowest BCUT2D eigenvalue weighted by atomic mass is 10.1. The lowest BCUT2D eigenvalue weighted by molar-refractivity contribution is -0.0325. The number of fused-ring (bicyclic) bond motifs is 4. The van der Waals surface area contributed by atoms with E-state index in [1.54, 1.807) is 13.2 Å². The van der Waals surface area contributed by atoms with Crippen LogP contribution in [-0.4, -0.2) is 41.6 Å². The van der Waals surface area contributed by atoms with Crippen LogP contribution in [0.4, 0.5) is 22.0 Å². The van der Waals surface area contributed by atoms with E-state index in [0.29, 0.717) is 31.0 Å². The molecule has 35 heavy (non-hydrogen) atoms. The topological polar surface area (TPSA) is 114 Å². The molecule has 6 rings (SSSR count). The molecule has 2 unspecified atom stereocenters. The van der Waals surface area contributed by atoms with Gasteiger partial charge in [-0.05, 0) is 23.3 Å². The number of quaternary nitrogens is 1. The first-order valence-corrected chi connectivity index (χ1v) is 12.2. The SMILES string of the molecule is COC1(NCc2cc(NC(=O)Nc3cccc4c3CC3CCC[N+]43[O-])n[nH]2)Cc2ccccc2C1. The van der Waals surface area contributed by atoms with Gasteiger partial charge >= 0.3 is 6.03 Å². The van der Waals surface area contributed by atoms with Gasteiger partial charge in [-0.3, -0.25) is 15.7 Å². The summed E-state index contributed by atoms with van der Waals surface area (Å²) in [7, 11) is 1.73. The minimum Gasteiger partial charge on any atom is -0.627 e. The molecule has 2 aliphatic heterocycles. The van der Waals surface area contributed by atoms with Crippen LogP contribution in [0.25, 0.3) is 0 Å². The number of H-pyrrole nitrogens is 1. The average molecular weight is 475 g/mol. The second-order valence-electron chi connectivity index (χ2n) is 9.85. The standard InChI is InChI=1S/C26H30N6O3/c1-35-26(14-17-6-2-3-7-18(17)15-26)27-16-19-12-24(31-30-19)29-25(33)28-22-9-4-10-23-21(22)13-20-8-5-11-32(20,23)34/h2-4,6-7,9-10,12,20,27H,5,8,11,13-16H2,1H3,(H3,28,29,30,31,33). The molecule has 0 radical (unpaired) electrons. The van der Waals surface area contributed by atoms with Gasteiger partial charge in [0.05, 0.1) is 24.0 Å². The Kier molecular flexibility index (Phi) is 5.37. The summed E-state index contributed by atoms with van der Waals surface area (Å²) in [5.74, 6) is 0.431. The molecule has 3 aliphatic rings. The maximum absolute atomic E-state index is 13.3. The maximum atomic E-state index is 13.3. The molecule has 0 bridgehead atoms. The zero-order chi connectivity index (χ0) is 24.0. The Morgan fingerprint density at radius 1 is 1.20 bits per heavy atom. The smallest absolute Gasteiger partial charge is 0.324 e. The van der Waals surface area contributed by atoms with Gasteiger partial charge < -0.3 is 19.9 Å². The number of hydrogen-bond donors (Lipinski definition) is 4. The summed E-state index contributed by atoms with van der Waals surface area (Å²) >= 11 is 0. The highest BCUT2D eigenvalue weighted by Gasteiger charge is 2.45. The summed E-state index contributed by atoms with van der Waals surface area (Å²) in [6.45, 7) is 1.14. The molecular formula is C26H30N6O3. The summed E-state index contributed by atoms with van der Waals surface area (Å²) in [6, 6.07) is 15.5. The number of carbonyl (C=O) groups excluding carboxylic acids is 1. The Bertz CT molecular complexity index is 1250. The first kappa shape index (κ1) is 22.2. The highest BCUT2D eigenvalue weighted by Crippen LogP contribution is 2.46.